The van der Waals surface area contributed by atoms with Crippen LogP contribution < -0.4 is 10.1 Å². The summed E-state index contributed by atoms with van der Waals surface area (Å²) in [5, 5.41) is 7.93. The molecule has 1 N–H and O–H groups in total. The van der Waals surface area contributed by atoms with E-state index in [0.717, 1.165) is 48.9 Å². The first-order valence-electron chi connectivity index (χ1n) is 13.2. The molecule has 0 unspecified atom stereocenters. The van der Waals surface area contributed by atoms with Gasteiger partial charge < -0.3 is 15.0 Å². The number of carbonyl (C=O) groups is 1. The molecule has 1 aliphatic carbocycles. The molecule has 0 spiro atoms. The lowest BCUT2D eigenvalue weighted by molar-refractivity contribution is -0.137. The van der Waals surface area contributed by atoms with E-state index in [-0.39, 0.29) is 12.1 Å². The third-order valence-electron chi connectivity index (χ3n) is 7.06. The average Bonchev–Trinajstić information content (AvgIpc) is 3.64. The highest BCUT2D eigenvalue weighted by molar-refractivity contribution is 6.32. The van der Waals surface area contributed by atoms with Crippen molar-refractivity contribution in [2.24, 2.45) is 0 Å². The Balaban J connectivity index is 1.41. The largest absolute Gasteiger partial charge is 0.495 e. The number of halogens is 4. The van der Waals surface area contributed by atoms with E-state index in [1.807, 2.05) is 18.2 Å². The van der Waals surface area contributed by atoms with Crippen LogP contribution in [0.1, 0.15) is 31.2 Å². The highest BCUT2D eigenvalue weighted by atomic mass is 35.5. The number of methoxy groups -OCH3 is 1. The van der Waals surface area contributed by atoms with Crippen molar-refractivity contribution in [1.82, 2.24) is 24.6 Å². The number of amides is 2. The molecule has 5 rings (SSSR count). The van der Waals surface area contributed by atoms with Gasteiger partial charge in [-0.2, -0.15) is 18.3 Å². The van der Waals surface area contributed by atoms with E-state index in [1.54, 1.807) is 34.1 Å². The number of hydrogen-bond donors (Lipinski definition) is 1. The van der Waals surface area contributed by atoms with Crippen molar-refractivity contribution in [2.75, 3.05) is 19.0 Å². The Morgan fingerprint density at radius 1 is 1.07 bits per heavy atom. The van der Waals surface area contributed by atoms with Crippen LogP contribution in [0.25, 0.3) is 22.8 Å². The van der Waals surface area contributed by atoms with Gasteiger partial charge in [-0.3, -0.25) is 4.98 Å². The third kappa shape index (κ3) is 6.62. The zero-order valence-electron chi connectivity index (χ0n) is 22.2. The van der Waals surface area contributed by atoms with Gasteiger partial charge in [0, 0.05) is 41.8 Å². The lowest BCUT2D eigenvalue weighted by Crippen LogP contribution is -2.43. The summed E-state index contributed by atoms with van der Waals surface area (Å²) < 4.78 is 46.0. The molecule has 2 heterocycles. The Bertz CT molecular complexity index is 1490. The van der Waals surface area contributed by atoms with Crippen LogP contribution in [0.2, 0.25) is 5.02 Å². The lowest BCUT2D eigenvalue weighted by Gasteiger charge is -2.29. The van der Waals surface area contributed by atoms with Gasteiger partial charge in [-0.25, -0.2) is 14.5 Å². The number of hydrogen-bond acceptors (Lipinski definition) is 5. The van der Waals surface area contributed by atoms with Crippen molar-refractivity contribution in [3.63, 3.8) is 0 Å². The quantitative estimate of drug-likeness (QED) is 0.237. The van der Waals surface area contributed by atoms with Gasteiger partial charge in [0.15, 0.2) is 11.6 Å². The van der Waals surface area contributed by atoms with E-state index >= 15 is 0 Å². The van der Waals surface area contributed by atoms with Crippen LogP contribution in [0.4, 0.5) is 23.7 Å². The van der Waals surface area contributed by atoms with Crippen LogP contribution in [0.15, 0.2) is 67.0 Å². The zero-order chi connectivity index (χ0) is 29.0. The average molecular weight is 585 g/mol. The fourth-order valence-corrected chi connectivity index (χ4v) is 5.20. The van der Waals surface area contributed by atoms with E-state index in [1.165, 1.54) is 19.2 Å². The van der Waals surface area contributed by atoms with Crippen molar-refractivity contribution >= 4 is 23.3 Å². The van der Waals surface area contributed by atoms with Gasteiger partial charge in [-0.1, -0.05) is 24.4 Å². The number of alkyl halides is 3. The number of nitrogens with zero attached hydrogens (tertiary/aromatic N) is 5. The van der Waals surface area contributed by atoms with E-state index in [2.05, 4.69) is 10.3 Å². The molecule has 2 amide bonds. The normalized spacial score (nSPS) is 13.8. The number of urea groups is 1. The summed E-state index contributed by atoms with van der Waals surface area (Å²) in [7, 11) is 1.54. The Labute approximate surface area is 240 Å². The molecular formula is C29H28ClF3N6O2. The van der Waals surface area contributed by atoms with Crippen molar-refractivity contribution in [3.8, 4) is 28.5 Å². The molecule has 0 bridgehead atoms. The molecule has 0 radical (unpaired) electrons. The number of ether oxygens (including phenoxy) is 1. The van der Waals surface area contributed by atoms with Crippen LogP contribution in [0.5, 0.6) is 5.75 Å². The van der Waals surface area contributed by atoms with E-state index < -0.39 is 11.7 Å². The van der Waals surface area contributed by atoms with Crippen LogP contribution in [0.3, 0.4) is 0 Å². The highest BCUT2D eigenvalue weighted by Gasteiger charge is 2.31. The maximum absolute atomic E-state index is 13.4. The van der Waals surface area contributed by atoms with E-state index in [9.17, 15) is 18.0 Å². The number of carbonyl (C=O) groups excluding carboxylic acids is 1. The van der Waals surface area contributed by atoms with Crippen LogP contribution >= 0.6 is 11.6 Å². The first-order chi connectivity index (χ1) is 19.7. The molecule has 0 saturated heterocycles. The topological polar surface area (TPSA) is 85.2 Å². The molecule has 2 aromatic heterocycles. The summed E-state index contributed by atoms with van der Waals surface area (Å²) in [5.41, 5.74) is 1.03. The first-order valence-corrected chi connectivity index (χ1v) is 13.5. The smallest absolute Gasteiger partial charge is 0.416 e. The maximum atomic E-state index is 13.4. The Morgan fingerprint density at radius 2 is 1.78 bits per heavy atom. The molecule has 1 fully saturated rings. The molecule has 8 nitrogen and oxygen atoms in total. The van der Waals surface area contributed by atoms with Crippen LogP contribution in [-0.2, 0) is 12.7 Å². The number of nitrogens with one attached hydrogen (secondary N) is 1. The predicted molar refractivity (Wildman–Crippen MR) is 150 cm³/mol. The molecular weight excluding hydrogens is 557 g/mol. The number of aromatic nitrogens is 4. The molecule has 0 atom stereocenters. The summed E-state index contributed by atoms with van der Waals surface area (Å²) in [6.07, 6.45) is 2.57. The second-order valence-corrected chi connectivity index (χ2v) is 10.1. The van der Waals surface area contributed by atoms with Crippen molar-refractivity contribution in [3.05, 3.63) is 77.6 Å². The summed E-state index contributed by atoms with van der Waals surface area (Å²) in [5.74, 6) is 1.59. The first kappa shape index (κ1) is 28.4. The minimum atomic E-state index is -4.45. The highest BCUT2D eigenvalue weighted by Crippen LogP contribution is 2.32. The van der Waals surface area contributed by atoms with Gasteiger partial charge in [0.25, 0.3) is 0 Å². The number of rotatable bonds is 8. The summed E-state index contributed by atoms with van der Waals surface area (Å²) >= 11 is 6.41. The van der Waals surface area contributed by atoms with E-state index in [4.69, 9.17) is 26.4 Å². The second-order valence-electron chi connectivity index (χ2n) is 9.70. The molecule has 4 aromatic rings. The van der Waals surface area contributed by atoms with E-state index in [0.29, 0.717) is 41.2 Å². The maximum Gasteiger partial charge on any atom is 0.416 e. The minimum Gasteiger partial charge on any atom is -0.495 e. The Kier molecular flexibility index (Phi) is 8.44. The van der Waals surface area contributed by atoms with Crippen LogP contribution in [-0.4, -0.2) is 50.4 Å². The molecule has 1 aliphatic rings. The molecule has 41 heavy (non-hydrogen) atoms. The van der Waals surface area contributed by atoms with Crippen molar-refractivity contribution in [1.29, 1.82) is 0 Å². The second kappa shape index (κ2) is 12.2. The zero-order valence-corrected chi connectivity index (χ0v) is 23.0. The monoisotopic (exact) mass is 584 g/mol. The lowest BCUT2D eigenvalue weighted by atomic mass is 10.2. The number of anilines is 1. The summed E-state index contributed by atoms with van der Waals surface area (Å²) in [4.78, 5) is 24.0. The summed E-state index contributed by atoms with van der Waals surface area (Å²) in [6, 6.07) is 13.0. The molecule has 214 valence electrons. The van der Waals surface area contributed by atoms with Gasteiger partial charge in [0.05, 0.1) is 24.2 Å². The van der Waals surface area contributed by atoms with Gasteiger partial charge in [0.1, 0.15) is 5.75 Å². The number of pyridine rings is 1. The molecule has 1 saturated carbocycles. The number of benzene rings is 2. The predicted octanol–water partition coefficient (Wildman–Crippen LogP) is 7.16. The Hall–Kier alpha value is -4.12. The fraction of sp³-hybridized carbons (Fsp3) is 0.310. The molecule has 12 heteroatoms. The minimum absolute atomic E-state index is 0.00604. The van der Waals surface area contributed by atoms with Crippen LogP contribution in [0, 0.1) is 0 Å². The Morgan fingerprint density at radius 3 is 2.41 bits per heavy atom. The third-order valence-corrected chi connectivity index (χ3v) is 7.36. The molecule has 2 aromatic carbocycles. The fourth-order valence-electron chi connectivity index (χ4n) is 4.95. The standard InChI is InChI=1S/C29H28ClF3N6O2/c1-41-25-11-6-20(18-24(25)30)27-36-26(19-12-14-34-15-13-19)37-39(27)17-16-38(23-4-2-3-5-23)28(40)35-22-9-7-21(8-10-22)29(31,32)33/h6-15,18,23H,2-5,16-17H2,1H3,(H,35,40). The van der Waals surface area contributed by atoms with Crippen molar-refractivity contribution in [2.45, 2.75) is 44.4 Å². The van der Waals surface area contributed by atoms with Gasteiger partial charge in [-0.05, 0) is 67.4 Å². The SMILES string of the molecule is COc1ccc(-c2nc(-c3ccncc3)nn2CCN(C(=O)Nc2ccc(C(F)(F)F)cc2)C2CCCC2)cc1Cl. The van der Waals surface area contributed by atoms with Gasteiger partial charge >= 0.3 is 12.2 Å². The summed E-state index contributed by atoms with van der Waals surface area (Å²) in [6.45, 7) is 0.640. The molecule has 0 aliphatic heterocycles. The van der Waals surface area contributed by atoms with Crippen molar-refractivity contribution < 1.29 is 22.7 Å². The van der Waals surface area contributed by atoms with Gasteiger partial charge in [0.2, 0.25) is 0 Å². The van der Waals surface area contributed by atoms with Gasteiger partial charge in [-0.15, -0.1) is 0 Å².